The molecule has 0 radical (unpaired) electrons. The Labute approximate surface area is 121 Å². The van der Waals surface area contributed by atoms with Gasteiger partial charge < -0.3 is 4.90 Å². The minimum absolute atomic E-state index is 0.0765. The fourth-order valence-electron chi connectivity index (χ4n) is 2.38. The van der Waals surface area contributed by atoms with Gasteiger partial charge in [-0.15, -0.1) is 0 Å². The van der Waals surface area contributed by atoms with Gasteiger partial charge in [0.15, 0.2) is 0 Å². The molecule has 0 spiro atoms. The number of nitrogens with one attached hydrogen (secondary N) is 1. The zero-order chi connectivity index (χ0) is 15.4. The molecule has 8 nitrogen and oxygen atoms in total. The first-order chi connectivity index (χ1) is 10.0. The lowest BCUT2D eigenvalue weighted by Crippen LogP contribution is -2.46. The molecule has 1 aliphatic rings. The lowest BCUT2D eigenvalue weighted by Gasteiger charge is -2.31. The highest BCUT2D eigenvalue weighted by Gasteiger charge is 2.27. The van der Waals surface area contributed by atoms with Crippen LogP contribution in [-0.2, 0) is 16.1 Å². The van der Waals surface area contributed by atoms with Crippen molar-refractivity contribution in [2.75, 3.05) is 13.1 Å². The molecular weight excluding hydrogens is 274 g/mol. The number of rotatable bonds is 3. The number of carbonyl (C=O) groups is 2. The number of nitrogens with two attached hydrogens (primary N) is 1. The summed E-state index contributed by atoms with van der Waals surface area (Å²) in [5, 5.41) is 3.95. The highest BCUT2D eigenvalue weighted by Crippen LogP contribution is 2.17. The van der Waals surface area contributed by atoms with Gasteiger partial charge in [0.05, 0.1) is 6.20 Å². The van der Waals surface area contributed by atoms with Gasteiger partial charge in [-0.05, 0) is 25.3 Å². The summed E-state index contributed by atoms with van der Waals surface area (Å²) in [6.07, 6.45) is 2.70. The maximum Gasteiger partial charge on any atom is 0.267 e. The molecule has 2 heterocycles. The molecule has 114 valence electrons. The molecule has 21 heavy (non-hydrogen) atoms. The second kappa shape index (κ2) is 6.49. The van der Waals surface area contributed by atoms with Crippen LogP contribution in [0.4, 0.5) is 0 Å². The van der Waals surface area contributed by atoms with Crippen LogP contribution in [0, 0.1) is 12.8 Å². The van der Waals surface area contributed by atoms with E-state index in [-0.39, 0.29) is 29.8 Å². The summed E-state index contributed by atoms with van der Waals surface area (Å²) in [6, 6.07) is 1.44. The molecule has 1 aliphatic heterocycles. The second-order valence-corrected chi connectivity index (χ2v) is 5.19. The quantitative estimate of drug-likeness (QED) is 0.412. The smallest absolute Gasteiger partial charge is 0.267 e. The van der Waals surface area contributed by atoms with E-state index in [0.717, 1.165) is 10.2 Å². The van der Waals surface area contributed by atoms with Crippen molar-refractivity contribution in [3.05, 3.63) is 28.2 Å². The van der Waals surface area contributed by atoms with Crippen LogP contribution in [0.3, 0.4) is 0 Å². The number of aryl methyl sites for hydroxylation is 1. The van der Waals surface area contributed by atoms with E-state index < -0.39 is 0 Å². The first kappa shape index (κ1) is 15.2. The molecule has 1 saturated heterocycles. The predicted octanol–water partition coefficient (Wildman–Crippen LogP) is -1.22. The monoisotopic (exact) mass is 293 g/mol. The molecule has 3 N–H and O–H groups in total. The normalized spacial score (nSPS) is 15.8. The van der Waals surface area contributed by atoms with Gasteiger partial charge in [-0.1, -0.05) is 0 Å². The Hall–Kier alpha value is -2.22. The SMILES string of the molecule is Cc1cnn(CC(=O)N2CCC(C(=O)NN)CC2)c(=O)c1. The summed E-state index contributed by atoms with van der Waals surface area (Å²) < 4.78 is 1.15. The van der Waals surface area contributed by atoms with Gasteiger partial charge in [0.2, 0.25) is 11.8 Å². The minimum atomic E-state index is -0.291. The Morgan fingerprint density at radius 2 is 2.10 bits per heavy atom. The zero-order valence-corrected chi connectivity index (χ0v) is 11.9. The highest BCUT2D eigenvalue weighted by molar-refractivity contribution is 5.79. The lowest BCUT2D eigenvalue weighted by molar-refractivity contribution is -0.136. The van der Waals surface area contributed by atoms with Crippen LogP contribution >= 0.6 is 0 Å². The number of aromatic nitrogens is 2. The van der Waals surface area contributed by atoms with Crippen molar-refractivity contribution in [1.82, 2.24) is 20.1 Å². The minimum Gasteiger partial charge on any atom is -0.341 e. The van der Waals surface area contributed by atoms with Crippen molar-refractivity contribution in [3.63, 3.8) is 0 Å². The number of hydrogen-bond donors (Lipinski definition) is 2. The third-order valence-corrected chi connectivity index (χ3v) is 3.65. The maximum absolute atomic E-state index is 12.2. The topological polar surface area (TPSA) is 110 Å². The van der Waals surface area contributed by atoms with Crippen LogP contribution in [-0.4, -0.2) is 39.6 Å². The molecule has 8 heteroatoms. The fourth-order valence-corrected chi connectivity index (χ4v) is 2.38. The van der Waals surface area contributed by atoms with Crippen LogP contribution in [0.25, 0.3) is 0 Å². The van der Waals surface area contributed by atoms with Crippen molar-refractivity contribution in [2.24, 2.45) is 11.8 Å². The molecule has 2 amide bonds. The zero-order valence-electron chi connectivity index (χ0n) is 11.9. The number of nitrogens with zero attached hydrogens (tertiary/aromatic N) is 3. The molecular formula is C13H19N5O3. The summed E-state index contributed by atoms with van der Waals surface area (Å²) in [5.74, 6) is 4.59. The van der Waals surface area contributed by atoms with Crippen molar-refractivity contribution in [2.45, 2.75) is 26.3 Å². The summed E-state index contributed by atoms with van der Waals surface area (Å²) in [7, 11) is 0. The van der Waals surface area contributed by atoms with Crippen LogP contribution in [0.2, 0.25) is 0 Å². The van der Waals surface area contributed by atoms with E-state index in [1.54, 1.807) is 18.0 Å². The standard InChI is InChI=1S/C13H19N5O3/c1-9-6-11(19)18(15-7-9)8-12(20)17-4-2-10(3-5-17)13(21)16-14/h6-7,10H,2-5,8,14H2,1H3,(H,16,21). The van der Waals surface area contributed by atoms with E-state index in [9.17, 15) is 14.4 Å². The van der Waals surface area contributed by atoms with Gasteiger partial charge in [0.25, 0.3) is 5.56 Å². The second-order valence-electron chi connectivity index (χ2n) is 5.19. The van der Waals surface area contributed by atoms with Gasteiger partial charge in [-0.3, -0.25) is 19.8 Å². The van der Waals surface area contributed by atoms with Crippen molar-refractivity contribution >= 4 is 11.8 Å². The molecule has 2 rings (SSSR count). The highest BCUT2D eigenvalue weighted by atomic mass is 16.2. The third-order valence-electron chi connectivity index (χ3n) is 3.65. The number of hydrogen-bond acceptors (Lipinski definition) is 5. The molecule has 0 saturated carbocycles. The van der Waals surface area contributed by atoms with Crippen molar-refractivity contribution in [3.8, 4) is 0 Å². The van der Waals surface area contributed by atoms with Crippen LogP contribution < -0.4 is 16.8 Å². The average Bonchev–Trinajstić information content (AvgIpc) is 2.49. The van der Waals surface area contributed by atoms with E-state index in [1.807, 2.05) is 0 Å². The van der Waals surface area contributed by atoms with Gasteiger partial charge in [-0.25, -0.2) is 10.5 Å². The summed E-state index contributed by atoms with van der Waals surface area (Å²) in [4.78, 5) is 36.9. The first-order valence-electron chi connectivity index (χ1n) is 6.83. The molecule has 0 atom stereocenters. The number of amides is 2. The van der Waals surface area contributed by atoms with Gasteiger partial charge in [-0.2, -0.15) is 5.10 Å². The number of piperidine rings is 1. The Morgan fingerprint density at radius 1 is 1.43 bits per heavy atom. The molecule has 1 fully saturated rings. The van der Waals surface area contributed by atoms with Crippen LogP contribution in [0.5, 0.6) is 0 Å². The van der Waals surface area contributed by atoms with E-state index >= 15 is 0 Å². The van der Waals surface area contributed by atoms with Gasteiger partial charge in [0, 0.05) is 25.1 Å². The predicted molar refractivity (Wildman–Crippen MR) is 74.9 cm³/mol. The average molecular weight is 293 g/mol. The van der Waals surface area contributed by atoms with Crippen molar-refractivity contribution < 1.29 is 9.59 Å². The van der Waals surface area contributed by atoms with E-state index in [2.05, 4.69) is 10.5 Å². The van der Waals surface area contributed by atoms with E-state index in [4.69, 9.17) is 5.84 Å². The Balaban J connectivity index is 1.93. The first-order valence-corrected chi connectivity index (χ1v) is 6.83. The molecule has 0 aliphatic carbocycles. The maximum atomic E-state index is 12.2. The number of hydrazine groups is 1. The molecule has 1 aromatic rings. The van der Waals surface area contributed by atoms with Crippen LogP contribution in [0.1, 0.15) is 18.4 Å². The van der Waals surface area contributed by atoms with Gasteiger partial charge >= 0.3 is 0 Å². The summed E-state index contributed by atoms with van der Waals surface area (Å²) in [6.45, 7) is 2.66. The van der Waals surface area contributed by atoms with Crippen LogP contribution in [0.15, 0.2) is 17.1 Å². The van der Waals surface area contributed by atoms with E-state index in [1.165, 1.54) is 6.07 Å². The summed E-state index contributed by atoms with van der Waals surface area (Å²) >= 11 is 0. The Bertz CT molecular complexity index is 590. The number of likely N-dealkylation sites (tertiary alicyclic amines) is 1. The molecule has 0 unspecified atom stereocenters. The molecule has 0 bridgehead atoms. The lowest BCUT2D eigenvalue weighted by atomic mass is 9.96. The van der Waals surface area contributed by atoms with Gasteiger partial charge in [0.1, 0.15) is 6.54 Å². The molecule has 0 aromatic carbocycles. The third kappa shape index (κ3) is 3.66. The molecule has 1 aromatic heterocycles. The fraction of sp³-hybridized carbons (Fsp3) is 0.538. The largest absolute Gasteiger partial charge is 0.341 e. The van der Waals surface area contributed by atoms with E-state index in [0.29, 0.717) is 25.9 Å². The Morgan fingerprint density at radius 3 is 2.67 bits per heavy atom. The Kier molecular flexibility index (Phi) is 4.69. The van der Waals surface area contributed by atoms with Crippen molar-refractivity contribution in [1.29, 1.82) is 0 Å². The number of carbonyl (C=O) groups excluding carboxylic acids is 2. The summed E-state index contributed by atoms with van der Waals surface area (Å²) in [5.41, 5.74) is 2.60.